The van der Waals surface area contributed by atoms with Gasteiger partial charge in [0.2, 0.25) is 0 Å². The monoisotopic (exact) mass is 196 g/mol. The first-order chi connectivity index (χ1) is 6.66. The number of β-amino-alcohol motifs (C(OH)–C–C–N with tert-alkyl or cyclic N) is 1. The number of rotatable bonds is 1. The Labute approximate surface area is 81.9 Å². The van der Waals surface area contributed by atoms with Crippen molar-refractivity contribution < 1.29 is 9.50 Å². The van der Waals surface area contributed by atoms with Gasteiger partial charge < -0.3 is 15.7 Å². The molecule has 4 heteroatoms. The van der Waals surface area contributed by atoms with E-state index in [4.69, 9.17) is 5.73 Å². The molecule has 0 aromatic heterocycles. The summed E-state index contributed by atoms with van der Waals surface area (Å²) < 4.78 is 13.1. The van der Waals surface area contributed by atoms with Crippen LogP contribution < -0.4 is 10.6 Å². The fourth-order valence-electron chi connectivity index (χ4n) is 1.69. The van der Waals surface area contributed by atoms with Gasteiger partial charge >= 0.3 is 0 Å². The van der Waals surface area contributed by atoms with Crippen LogP contribution in [0.1, 0.15) is 6.42 Å². The Morgan fingerprint density at radius 3 is 2.86 bits per heavy atom. The second kappa shape index (κ2) is 3.46. The lowest BCUT2D eigenvalue weighted by atomic mass is 10.2. The van der Waals surface area contributed by atoms with Gasteiger partial charge in [0, 0.05) is 18.8 Å². The number of nitrogens with two attached hydrogens (primary N) is 1. The average Bonchev–Trinajstić information content (AvgIpc) is 2.57. The molecule has 1 heterocycles. The molecule has 1 atom stereocenters. The van der Waals surface area contributed by atoms with Crippen molar-refractivity contribution in [2.75, 3.05) is 23.7 Å². The summed E-state index contributed by atoms with van der Waals surface area (Å²) in [5.41, 5.74) is 6.32. The second-order valence-electron chi connectivity index (χ2n) is 3.59. The third kappa shape index (κ3) is 1.65. The minimum Gasteiger partial charge on any atom is -0.396 e. The Morgan fingerprint density at radius 2 is 2.29 bits per heavy atom. The molecule has 14 heavy (non-hydrogen) atoms. The molecular weight excluding hydrogens is 183 g/mol. The number of benzene rings is 1. The molecule has 76 valence electrons. The van der Waals surface area contributed by atoms with Gasteiger partial charge in [-0.15, -0.1) is 0 Å². The van der Waals surface area contributed by atoms with E-state index in [1.165, 1.54) is 6.07 Å². The molecular formula is C10H13FN2O. The zero-order valence-electron chi connectivity index (χ0n) is 7.78. The summed E-state index contributed by atoms with van der Waals surface area (Å²) in [7, 11) is 0. The topological polar surface area (TPSA) is 49.5 Å². The second-order valence-corrected chi connectivity index (χ2v) is 3.59. The highest BCUT2D eigenvalue weighted by Crippen LogP contribution is 2.23. The van der Waals surface area contributed by atoms with Crippen molar-refractivity contribution in [3.63, 3.8) is 0 Å². The molecule has 2 rings (SSSR count). The highest BCUT2D eigenvalue weighted by molar-refractivity contribution is 5.54. The summed E-state index contributed by atoms with van der Waals surface area (Å²) in [6.07, 6.45) is 0.446. The number of hydrogen-bond donors (Lipinski definition) is 2. The maximum Gasteiger partial charge on any atom is 0.148 e. The summed E-state index contributed by atoms with van der Waals surface area (Å²) in [6, 6.07) is 4.74. The molecule has 1 aromatic carbocycles. The minimum atomic E-state index is -0.399. The predicted molar refractivity (Wildman–Crippen MR) is 53.6 cm³/mol. The molecule has 0 saturated carbocycles. The summed E-state index contributed by atoms with van der Waals surface area (Å²) in [5, 5.41) is 9.32. The van der Waals surface area contributed by atoms with Crippen LogP contribution in [0.2, 0.25) is 0 Å². The van der Waals surface area contributed by atoms with Gasteiger partial charge in [-0.1, -0.05) is 0 Å². The number of nitrogen functional groups attached to an aromatic ring is 1. The van der Waals surface area contributed by atoms with Gasteiger partial charge in [0.15, 0.2) is 0 Å². The van der Waals surface area contributed by atoms with Crippen LogP contribution in [0.4, 0.5) is 15.8 Å². The SMILES string of the molecule is Nc1ccc(N2CCC(O)C2)cc1F. The first-order valence-electron chi connectivity index (χ1n) is 4.65. The van der Waals surface area contributed by atoms with Gasteiger partial charge in [0.05, 0.1) is 11.8 Å². The molecule has 1 aliphatic heterocycles. The fourth-order valence-corrected chi connectivity index (χ4v) is 1.69. The van der Waals surface area contributed by atoms with E-state index in [0.717, 1.165) is 18.7 Å². The number of aliphatic hydroxyl groups is 1. The summed E-state index contributed by atoms with van der Waals surface area (Å²) >= 11 is 0. The maximum absolute atomic E-state index is 13.1. The lowest BCUT2D eigenvalue weighted by Crippen LogP contribution is -2.21. The van der Waals surface area contributed by atoms with Crippen LogP contribution >= 0.6 is 0 Å². The highest BCUT2D eigenvalue weighted by Gasteiger charge is 2.20. The molecule has 3 N–H and O–H groups in total. The largest absolute Gasteiger partial charge is 0.396 e. The summed E-state index contributed by atoms with van der Waals surface area (Å²) in [5.74, 6) is -0.399. The van der Waals surface area contributed by atoms with Crippen LogP contribution in [0.25, 0.3) is 0 Å². The molecule has 1 fully saturated rings. The summed E-state index contributed by atoms with van der Waals surface area (Å²) in [4.78, 5) is 1.95. The highest BCUT2D eigenvalue weighted by atomic mass is 19.1. The molecule has 0 aliphatic carbocycles. The Kier molecular flexibility index (Phi) is 2.29. The predicted octanol–water partition coefficient (Wildman–Crippen LogP) is 0.979. The maximum atomic E-state index is 13.1. The summed E-state index contributed by atoms with van der Waals surface area (Å²) in [6.45, 7) is 1.34. The first kappa shape index (κ1) is 9.27. The number of halogens is 1. The van der Waals surface area contributed by atoms with Crippen LogP contribution in [0.5, 0.6) is 0 Å². The molecule has 1 aromatic rings. The molecule has 3 nitrogen and oxygen atoms in total. The van der Waals surface area contributed by atoms with Crippen molar-refractivity contribution in [1.29, 1.82) is 0 Å². The van der Waals surface area contributed by atoms with Crippen LogP contribution in [0.15, 0.2) is 18.2 Å². The van der Waals surface area contributed by atoms with Gasteiger partial charge in [0.25, 0.3) is 0 Å². The third-order valence-corrected chi connectivity index (χ3v) is 2.51. The smallest absolute Gasteiger partial charge is 0.148 e. The van der Waals surface area contributed by atoms with Crippen LogP contribution in [0, 0.1) is 5.82 Å². The van der Waals surface area contributed by atoms with Crippen molar-refractivity contribution in [1.82, 2.24) is 0 Å². The van der Waals surface area contributed by atoms with E-state index in [0.29, 0.717) is 6.54 Å². The van der Waals surface area contributed by atoms with Crippen LogP contribution in [0.3, 0.4) is 0 Å². The molecule has 1 unspecified atom stereocenters. The Bertz CT molecular complexity index is 343. The average molecular weight is 196 g/mol. The van der Waals surface area contributed by atoms with Gasteiger partial charge in [-0.2, -0.15) is 0 Å². The lowest BCUT2D eigenvalue weighted by molar-refractivity contribution is 0.198. The minimum absolute atomic E-state index is 0.161. The Morgan fingerprint density at radius 1 is 1.50 bits per heavy atom. The normalized spacial score (nSPS) is 21.6. The molecule has 1 saturated heterocycles. The molecule has 0 amide bonds. The quantitative estimate of drug-likeness (QED) is 0.658. The van der Waals surface area contributed by atoms with E-state index < -0.39 is 5.82 Å². The van der Waals surface area contributed by atoms with E-state index in [1.54, 1.807) is 12.1 Å². The van der Waals surface area contributed by atoms with Crippen LogP contribution in [-0.4, -0.2) is 24.3 Å². The fraction of sp³-hybridized carbons (Fsp3) is 0.400. The van der Waals surface area contributed by atoms with E-state index in [9.17, 15) is 9.50 Å². The Balaban J connectivity index is 2.20. The zero-order valence-corrected chi connectivity index (χ0v) is 7.78. The van der Waals surface area contributed by atoms with Crippen molar-refractivity contribution in [3.8, 4) is 0 Å². The molecule has 0 radical (unpaired) electrons. The number of anilines is 2. The molecule has 1 aliphatic rings. The van der Waals surface area contributed by atoms with Crippen molar-refractivity contribution in [2.45, 2.75) is 12.5 Å². The van der Waals surface area contributed by atoms with Crippen molar-refractivity contribution in [3.05, 3.63) is 24.0 Å². The first-order valence-corrected chi connectivity index (χ1v) is 4.65. The van der Waals surface area contributed by atoms with Gasteiger partial charge in [-0.3, -0.25) is 0 Å². The van der Waals surface area contributed by atoms with Gasteiger partial charge in [-0.05, 0) is 24.6 Å². The van der Waals surface area contributed by atoms with Gasteiger partial charge in [0.1, 0.15) is 5.82 Å². The van der Waals surface area contributed by atoms with Crippen LogP contribution in [-0.2, 0) is 0 Å². The Hall–Kier alpha value is -1.29. The molecule has 0 bridgehead atoms. The number of nitrogens with zero attached hydrogens (tertiary/aromatic N) is 1. The lowest BCUT2D eigenvalue weighted by Gasteiger charge is -2.17. The van der Waals surface area contributed by atoms with E-state index in [2.05, 4.69) is 0 Å². The van der Waals surface area contributed by atoms with E-state index >= 15 is 0 Å². The van der Waals surface area contributed by atoms with Crippen molar-refractivity contribution >= 4 is 11.4 Å². The zero-order chi connectivity index (χ0) is 10.1. The number of aliphatic hydroxyl groups excluding tert-OH is 1. The molecule has 0 spiro atoms. The van der Waals surface area contributed by atoms with Crippen molar-refractivity contribution in [2.24, 2.45) is 0 Å². The number of hydrogen-bond acceptors (Lipinski definition) is 3. The van der Waals surface area contributed by atoms with E-state index in [-0.39, 0.29) is 11.8 Å². The standard InChI is InChI=1S/C10H13FN2O/c11-9-5-7(1-2-10(9)12)13-4-3-8(14)6-13/h1-2,5,8,14H,3-4,6,12H2. The van der Waals surface area contributed by atoms with E-state index in [1.807, 2.05) is 4.90 Å². The third-order valence-electron chi connectivity index (χ3n) is 2.51. The van der Waals surface area contributed by atoms with Gasteiger partial charge in [-0.25, -0.2) is 4.39 Å².